The Morgan fingerprint density at radius 1 is 1.21 bits per heavy atom. The minimum Gasteiger partial charge on any atom is -0.463 e. The van der Waals surface area contributed by atoms with Gasteiger partial charge in [0.2, 0.25) is 5.79 Å². The van der Waals surface area contributed by atoms with Crippen molar-refractivity contribution in [2.45, 2.75) is 52.2 Å². The van der Waals surface area contributed by atoms with E-state index >= 15 is 0 Å². The highest BCUT2D eigenvalue weighted by Gasteiger charge is 2.27. The van der Waals surface area contributed by atoms with E-state index in [1.807, 2.05) is 32.9 Å². The van der Waals surface area contributed by atoms with E-state index in [0.29, 0.717) is 12.2 Å². The molecule has 0 radical (unpaired) electrons. The zero-order valence-electron chi connectivity index (χ0n) is 14.5. The minimum atomic E-state index is -0.591. The first-order valence-electron chi connectivity index (χ1n) is 8.17. The van der Waals surface area contributed by atoms with Gasteiger partial charge in [-0.05, 0) is 37.6 Å². The summed E-state index contributed by atoms with van der Waals surface area (Å²) in [6, 6.07) is 7.74. The maximum absolute atomic E-state index is 13.9. The van der Waals surface area contributed by atoms with Crippen molar-refractivity contribution in [3.63, 3.8) is 0 Å². The summed E-state index contributed by atoms with van der Waals surface area (Å²) in [5.41, 5.74) is 2.76. The lowest BCUT2D eigenvalue weighted by molar-refractivity contribution is -0.180. The number of fused-ring (bicyclic) bond motifs is 1. The first-order valence-corrected chi connectivity index (χ1v) is 8.17. The number of benzene rings is 1. The fraction of sp³-hybridized carbons (Fsp3) is 0.421. The number of pyridine rings is 1. The molecule has 0 spiro atoms. The molecule has 0 saturated carbocycles. The number of hydrogen-bond donors (Lipinski definition) is 1. The molecular formula is C19H23FN2O2. The fourth-order valence-corrected chi connectivity index (χ4v) is 2.93. The number of hydrogen-bond acceptors (Lipinski definition) is 4. The molecule has 4 nitrogen and oxygen atoms in total. The molecule has 0 aliphatic carbocycles. The van der Waals surface area contributed by atoms with E-state index in [1.165, 1.54) is 6.20 Å². The molecule has 0 fully saturated rings. The van der Waals surface area contributed by atoms with Crippen LogP contribution in [0.2, 0.25) is 0 Å². The SMILES string of the molecule is CC(NC(C)c1ccncc1F)c1ccc2c(c1)COC(C)(C)O2. The van der Waals surface area contributed by atoms with Crippen LogP contribution < -0.4 is 10.1 Å². The van der Waals surface area contributed by atoms with Gasteiger partial charge in [-0.3, -0.25) is 4.98 Å². The van der Waals surface area contributed by atoms with Crippen LogP contribution in [0, 0.1) is 5.82 Å². The lowest BCUT2D eigenvalue weighted by Gasteiger charge is -2.33. The molecule has 2 heterocycles. The molecule has 1 aromatic carbocycles. The van der Waals surface area contributed by atoms with Crippen molar-refractivity contribution in [1.29, 1.82) is 0 Å². The van der Waals surface area contributed by atoms with Crippen LogP contribution in [-0.2, 0) is 11.3 Å². The van der Waals surface area contributed by atoms with Crippen LogP contribution in [0.15, 0.2) is 36.7 Å². The van der Waals surface area contributed by atoms with Crippen LogP contribution in [0.3, 0.4) is 0 Å². The normalized spacial score (nSPS) is 18.4. The van der Waals surface area contributed by atoms with Gasteiger partial charge in [-0.15, -0.1) is 0 Å². The summed E-state index contributed by atoms with van der Waals surface area (Å²) in [5.74, 6) is -0.0271. The molecular weight excluding hydrogens is 307 g/mol. The number of halogens is 1. The van der Waals surface area contributed by atoms with Crippen molar-refractivity contribution in [2.24, 2.45) is 0 Å². The van der Waals surface area contributed by atoms with Gasteiger partial charge in [-0.1, -0.05) is 6.07 Å². The molecule has 2 unspecified atom stereocenters. The van der Waals surface area contributed by atoms with Crippen LogP contribution in [0.25, 0.3) is 0 Å². The van der Waals surface area contributed by atoms with Gasteiger partial charge < -0.3 is 14.8 Å². The standard InChI is InChI=1S/C19H23FN2O2/c1-12(22-13(2)16-7-8-21-10-17(16)20)14-5-6-18-15(9-14)11-23-19(3,4)24-18/h5-10,12-13,22H,11H2,1-4H3. The topological polar surface area (TPSA) is 43.4 Å². The second-order valence-electron chi connectivity index (χ2n) is 6.66. The summed E-state index contributed by atoms with van der Waals surface area (Å²) in [6.45, 7) is 8.34. The van der Waals surface area contributed by atoms with Crippen LogP contribution in [0.4, 0.5) is 4.39 Å². The second kappa shape index (κ2) is 6.49. The number of nitrogens with zero attached hydrogens (tertiary/aromatic N) is 1. The highest BCUT2D eigenvalue weighted by Crippen LogP contribution is 2.33. The lowest BCUT2D eigenvalue weighted by atomic mass is 10.0. The van der Waals surface area contributed by atoms with Gasteiger partial charge in [0.05, 0.1) is 12.8 Å². The Hall–Kier alpha value is -1.98. The monoisotopic (exact) mass is 330 g/mol. The van der Waals surface area contributed by atoms with Crippen molar-refractivity contribution in [3.05, 3.63) is 59.2 Å². The van der Waals surface area contributed by atoms with E-state index in [-0.39, 0.29) is 17.9 Å². The molecule has 3 rings (SSSR count). The molecule has 5 heteroatoms. The van der Waals surface area contributed by atoms with E-state index in [1.54, 1.807) is 12.3 Å². The van der Waals surface area contributed by atoms with Crippen LogP contribution in [0.1, 0.15) is 56.5 Å². The van der Waals surface area contributed by atoms with Gasteiger partial charge in [0.25, 0.3) is 0 Å². The van der Waals surface area contributed by atoms with Crippen molar-refractivity contribution < 1.29 is 13.9 Å². The van der Waals surface area contributed by atoms with E-state index < -0.39 is 5.79 Å². The first kappa shape index (κ1) is 16.9. The predicted octanol–water partition coefficient (Wildman–Crippen LogP) is 4.28. The first-order chi connectivity index (χ1) is 11.4. The molecule has 24 heavy (non-hydrogen) atoms. The van der Waals surface area contributed by atoms with Gasteiger partial charge in [0.1, 0.15) is 11.6 Å². The zero-order valence-corrected chi connectivity index (χ0v) is 14.5. The largest absolute Gasteiger partial charge is 0.463 e. The van der Waals surface area contributed by atoms with Gasteiger partial charge >= 0.3 is 0 Å². The molecule has 1 N–H and O–H groups in total. The Bertz CT molecular complexity index is 733. The third-order valence-electron chi connectivity index (χ3n) is 4.29. The summed E-state index contributed by atoms with van der Waals surface area (Å²) in [4.78, 5) is 3.79. The average Bonchev–Trinajstić information content (AvgIpc) is 2.53. The van der Waals surface area contributed by atoms with Gasteiger partial charge in [-0.25, -0.2) is 4.39 Å². The summed E-state index contributed by atoms with van der Waals surface area (Å²) in [7, 11) is 0. The molecule has 2 atom stereocenters. The lowest BCUT2D eigenvalue weighted by Crippen LogP contribution is -2.35. The third-order valence-corrected chi connectivity index (χ3v) is 4.29. The molecule has 0 saturated heterocycles. The molecule has 2 aromatic rings. The predicted molar refractivity (Wildman–Crippen MR) is 90.1 cm³/mol. The molecule has 128 valence electrons. The Labute approximate surface area is 142 Å². The van der Waals surface area contributed by atoms with Crippen molar-refractivity contribution in [3.8, 4) is 5.75 Å². The highest BCUT2D eigenvalue weighted by atomic mass is 19.1. The molecule has 1 aliphatic heterocycles. The van der Waals surface area contributed by atoms with Crippen LogP contribution in [-0.4, -0.2) is 10.8 Å². The smallest absolute Gasteiger partial charge is 0.205 e. The Balaban J connectivity index is 1.74. The van der Waals surface area contributed by atoms with E-state index in [0.717, 1.165) is 16.9 Å². The van der Waals surface area contributed by atoms with Crippen LogP contribution >= 0.6 is 0 Å². The van der Waals surface area contributed by atoms with Crippen molar-refractivity contribution in [2.75, 3.05) is 0 Å². The minimum absolute atomic E-state index is 0.0628. The van der Waals surface area contributed by atoms with Gasteiger partial charge in [-0.2, -0.15) is 0 Å². The number of aromatic nitrogens is 1. The summed E-state index contributed by atoms with van der Waals surface area (Å²) in [6.07, 6.45) is 2.85. The highest BCUT2D eigenvalue weighted by molar-refractivity contribution is 5.39. The number of rotatable bonds is 4. The zero-order chi connectivity index (χ0) is 17.3. The summed E-state index contributed by atoms with van der Waals surface area (Å²) < 4.78 is 25.4. The van der Waals surface area contributed by atoms with Crippen molar-refractivity contribution in [1.82, 2.24) is 10.3 Å². The Kier molecular flexibility index (Phi) is 4.56. The van der Waals surface area contributed by atoms with Gasteiger partial charge in [0.15, 0.2) is 0 Å². The van der Waals surface area contributed by atoms with Crippen LogP contribution in [0.5, 0.6) is 5.75 Å². The number of ether oxygens (including phenoxy) is 2. The quantitative estimate of drug-likeness (QED) is 0.909. The van der Waals surface area contributed by atoms with E-state index in [4.69, 9.17) is 9.47 Å². The Morgan fingerprint density at radius 2 is 2.00 bits per heavy atom. The van der Waals surface area contributed by atoms with E-state index in [2.05, 4.69) is 23.3 Å². The summed E-state index contributed by atoms with van der Waals surface area (Å²) in [5, 5.41) is 3.43. The van der Waals surface area contributed by atoms with Gasteiger partial charge in [0, 0.05) is 43.3 Å². The molecule has 0 amide bonds. The Morgan fingerprint density at radius 3 is 2.75 bits per heavy atom. The number of nitrogens with one attached hydrogen (secondary N) is 1. The molecule has 1 aromatic heterocycles. The van der Waals surface area contributed by atoms with E-state index in [9.17, 15) is 4.39 Å². The van der Waals surface area contributed by atoms with Crippen molar-refractivity contribution >= 4 is 0 Å². The maximum Gasteiger partial charge on any atom is 0.205 e. The molecule has 1 aliphatic rings. The average molecular weight is 330 g/mol. The third kappa shape index (κ3) is 3.57. The molecule has 0 bridgehead atoms. The fourth-order valence-electron chi connectivity index (χ4n) is 2.93. The maximum atomic E-state index is 13.9. The summed E-state index contributed by atoms with van der Waals surface area (Å²) >= 11 is 0. The second-order valence-corrected chi connectivity index (χ2v) is 6.66.